The highest BCUT2D eigenvalue weighted by Crippen LogP contribution is 2.12. The van der Waals surface area contributed by atoms with Crippen molar-refractivity contribution in [1.82, 2.24) is 10.2 Å². The van der Waals surface area contributed by atoms with Crippen molar-refractivity contribution in [2.24, 2.45) is 0 Å². The van der Waals surface area contributed by atoms with Gasteiger partial charge in [-0.2, -0.15) is 11.8 Å². The molecule has 1 atom stereocenters. The van der Waals surface area contributed by atoms with Gasteiger partial charge in [0.2, 0.25) is 5.91 Å². The second kappa shape index (κ2) is 9.96. The summed E-state index contributed by atoms with van der Waals surface area (Å²) < 4.78 is 0. The lowest BCUT2D eigenvalue weighted by molar-refractivity contribution is -0.130. The Kier molecular flexibility index (Phi) is 7.92. The third-order valence-corrected chi connectivity index (χ3v) is 5.04. The summed E-state index contributed by atoms with van der Waals surface area (Å²) in [7, 11) is 0. The monoisotopic (exact) mass is 336 g/mol. The van der Waals surface area contributed by atoms with Crippen LogP contribution in [0, 0.1) is 0 Å². The van der Waals surface area contributed by atoms with Crippen LogP contribution in [0.1, 0.15) is 24.8 Å². The van der Waals surface area contributed by atoms with Gasteiger partial charge in [-0.3, -0.25) is 4.79 Å². The van der Waals surface area contributed by atoms with Crippen LogP contribution >= 0.6 is 11.8 Å². The molecule has 0 saturated carbocycles. The number of aliphatic hydroxyl groups excluding tert-OH is 1. The molecule has 5 heteroatoms. The molecule has 1 fully saturated rings. The van der Waals surface area contributed by atoms with Gasteiger partial charge in [0, 0.05) is 25.7 Å². The molecular formula is C18H28N2O2S. The van der Waals surface area contributed by atoms with Gasteiger partial charge in [0.15, 0.2) is 0 Å². The van der Waals surface area contributed by atoms with E-state index >= 15 is 0 Å². The number of hydrogen-bond acceptors (Lipinski definition) is 4. The summed E-state index contributed by atoms with van der Waals surface area (Å²) in [5.41, 5.74) is 1.37. The molecule has 1 saturated heterocycles. The van der Waals surface area contributed by atoms with E-state index in [4.69, 9.17) is 0 Å². The summed E-state index contributed by atoms with van der Waals surface area (Å²) in [6, 6.07) is 10.8. The van der Waals surface area contributed by atoms with E-state index in [1.807, 2.05) is 12.3 Å². The summed E-state index contributed by atoms with van der Waals surface area (Å²) in [6.45, 7) is 3.10. The number of likely N-dealkylation sites (tertiary alicyclic amines) is 1. The molecule has 0 aromatic heterocycles. The zero-order chi connectivity index (χ0) is 16.5. The standard InChI is InChI=1S/C18H28N2O2S/c1-23-14-10-17(21)18(22)19-16-8-12-20(13-9-16)11-7-15-5-3-2-4-6-15/h2-6,16-17,21H,7-14H2,1H3,(H,19,22)/t17-/m1/s1. The number of aliphatic hydroxyl groups is 1. The predicted molar refractivity (Wildman–Crippen MR) is 96.8 cm³/mol. The molecule has 1 aromatic rings. The summed E-state index contributed by atoms with van der Waals surface area (Å²) in [5, 5.41) is 12.8. The van der Waals surface area contributed by atoms with Gasteiger partial charge >= 0.3 is 0 Å². The van der Waals surface area contributed by atoms with Gasteiger partial charge in [0.1, 0.15) is 6.10 Å². The minimum atomic E-state index is -0.862. The van der Waals surface area contributed by atoms with Gasteiger partial charge in [-0.15, -0.1) is 0 Å². The molecule has 23 heavy (non-hydrogen) atoms. The molecule has 1 aliphatic rings. The van der Waals surface area contributed by atoms with Crippen LogP contribution in [0.15, 0.2) is 30.3 Å². The van der Waals surface area contributed by atoms with Gasteiger partial charge in [0.25, 0.3) is 0 Å². The Morgan fingerprint density at radius 1 is 1.35 bits per heavy atom. The van der Waals surface area contributed by atoms with Crippen LogP contribution in [-0.2, 0) is 11.2 Å². The molecule has 1 aromatic carbocycles. The van der Waals surface area contributed by atoms with E-state index in [0.717, 1.165) is 44.6 Å². The van der Waals surface area contributed by atoms with Crippen molar-refractivity contribution in [2.75, 3.05) is 31.6 Å². The van der Waals surface area contributed by atoms with Gasteiger partial charge < -0.3 is 15.3 Å². The molecule has 0 spiro atoms. The van der Waals surface area contributed by atoms with Crippen LogP contribution < -0.4 is 5.32 Å². The van der Waals surface area contributed by atoms with E-state index in [0.29, 0.717) is 6.42 Å². The number of carbonyl (C=O) groups excluding carboxylic acids is 1. The minimum Gasteiger partial charge on any atom is -0.383 e. The zero-order valence-electron chi connectivity index (χ0n) is 13.9. The predicted octanol–water partition coefficient (Wildman–Crippen LogP) is 1.92. The van der Waals surface area contributed by atoms with Crippen molar-refractivity contribution in [1.29, 1.82) is 0 Å². The van der Waals surface area contributed by atoms with Crippen molar-refractivity contribution in [2.45, 2.75) is 37.8 Å². The van der Waals surface area contributed by atoms with Crippen LogP contribution in [0.4, 0.5) is 0 Å². The number of hydrogen-bond donors (Lipinski definition) is 2. The molecule has 1 aliphatic heterocycles. The van der Waals surface area contributed by atoms with E-state index in [-0.39, 0.29) is 11.9 Å². The second-order valence-electron chi connectivity index (χ2n) is 6.16. The maximum Gasteiger partial charge on any atom is 0.249 e. The van der Waals surface area contributed by atoms with Gasteiger partial charge in [-0.1, -0.05) is 30.3 Å². The fraction of sp³-hybridized carbons (Fsp3) is 0.611. The van der Waals surface area contributed by atoms with Crippen molar-refractivity contribution in [3.8, 4) is 0 Å². The molecule has 128 valence electrons. The van der Waals surface area contributed by atoms with Crippen molar-refractivity contribution in [3.63, 3.8) is 0 Å². The molecule has 0 bridgehead atoms. The van der Waals surface area contributed by atoms with Crippen molar-refractivity contribution >= 4 is 17.7 Å². The molecule has 1 heterocycles. The SMILES string of the molecule is CSCC[C@@H](O)C(=O)NC1CCN(CCc2ccccc2)CC1. The topological polar surface area (TPSA) is 52.6 Å². The Morgan fingerprint density at radius 3 is 2.70 bits per heavy atom. The van der Waals surface area contributed by atoms with Crippen LogP contribution in [0.5, 0.6) is 0 Å². The first-order valence-electron chi connectivity index (χ1n) is 8.42. The summed E-state index contributed by atoms with van der Waals surface area (Å²) in [5.74, 6) is 0.605. The highest BCUT2D eigenvalue weighted by molar-refractivity contribution is 7.98. The number of benzene rings is 1. The quantitative estimate of drug-likeness (QED) is 0.762. The lowest BCUT2D eigenvalue weighted by Gasteiger charge is -2.32. The fourth-order valence-corrected chi connectivity index (χ4v) is 3.35. The van der Waals surface area contributed by atoms with E-state index in [1.54, 1.807) is 11.8 Å². The first-order chi connectivity index (χ1) is 11.2. The molecule has 1 amide bonds. The molecule has 0 unspecified atom stereocenters. The first-order valence-corrected chi connectivity index (χ1v) is 9.82. The minimum absolute atomic E-state index is 0.207. The Bertz CT molecular complexity index is 461. The number of nitrogens with one attached hydrogen (secondary N) is 1. The summed E-state index contributed by atoms with van der Waals surface area (Å²) in [4.78, 5) is 14.4. The average molecular weight is 337 g/mol. The molecule has 0 aliphatic carbocycles. The second-order valence-corrected chi connectivity index (χ2v) is 7.14. The maximum absolute atomic E-state index is 11.9. The van der Waals surface area contributed by atoms with Crippen LogP contribution in [0.25, 0.3) is 0 Å². The van der Waals surface area contributed by atoms with Gasteiger partial charge in [-0.05, 0) is 43.3 Å². The lowest BCUT2D eigenvalue weighted by Crippen LogP contribution is -2.47. The Balaban J connectivity index is 1.64. The fourth-order valence-electron chi connectivity index (χ4n) is 2.89. The number of rotatable bonds is 8. The van der Waals surface area contributed by atoms with E-state index in [2.05, 4.69) is 34.5 Å². The van der Waals surface area contributed by atoms with E-state index in [9.17, 15) is 9.90 Å². The highest BCUT2D eigenvalue weighted by Gasteiger charge is 2.23. The van der Waals surface area contributed by atoms with Crippen molar-refractivity contribution < 1.29 is 9.90 Å². The number of thioether (sulfide) groups is 1. The first kappa shape index (κ1) is 18.3. The summed E-state index contributed by atoms with van der Waals surface area (Å²) >= 11 is 1.65. The van der Waals surface area contributed by atoms with E-state index in [1.165, 1.54) is 5.56 Å². The molecule has 4 nitrogen and oxygen atoms in total. The molecule has 0 radical (unpaired) electrons. The third-order valence-electron chi connectivity index (χ3n) is 4.39. The summed E-state index contributed by atoms with van der Waals surface area (Å²) in [6.07, 6.45) is 4.66. The largest absolute Gasteiger partial charge is 0.383 e. The number of nitrogens with zero attached hydrogens (tertiary/aromatic N) is 1. The maximum atomic E-state index is 11.9. The normalized spacial score (nSPS) is 17.8. The average Bonchev–Trinajstić information content (AvgIpc) is 2.60. The Morgan fingerprint density at radius 2 is 2.04 bits per heavy atom. The molecule has 2 rings (SSSR count). The van der Waals surface area contributed by atoms with E-state index < -0.39 is 6.10 Å². The Labute approximate surface area is 143 Å². The number of amides is 1. The van der Waals surface area contributed by atoms with Crippen molar-refractivity contribution in [3.05, 3.63) is 35.9 Å². The molecular weight excluding hydrogens is 308 g/mol. The van der Waals surface area contributed by atoms with Crippen LogP contribution in [-0.4, -0.2) is 59.7 Å². The lowest BCUT2D eigenvalue weighted by atomic mass is 10.0. The van der Waals surface area contributed by atoms with Gasteiger partial charge in [-0.25, -0.2) is 0 Å². The number of carbonyl (C=O) groups is 1. The Hall–Kier alpha value is -1.04. The number of piperidine rings is 1. The van der Waals surface area contributed by atoms with Crippen LogP contribution in [0.3, 0.4) is 0 Å². The highest BCUT2D eigenvalue weighted by atomic mass is 32.2. The zero-order valence-corrected chi connectivity index (χ0v) is 14.7. The smallest absolute Gasteiger partial charge is 0.249 e. The van der Waals surface area contributed by atoms with Gasteiger partial charge in [0.05, 0.1) is 0 Å². The third kappa shape index (κ3) is 6.53. The van der Waals surface area contributed by atoms with Crippen LogP contribution in [0.2, 0.25) is 0 Å². The molecule has 2 N–H and O–H groups in total.